The van der Waals surface area contributed by atoms with Gasteiger partial charge in [-0.1, -0.05) is 32.9 Å². The number of methoxy groups -OCH3 is 2. The van der Waals surface area contributed by atoms with E-state index in [-0.39, 0.29) is 22.8 Å². The Morgan fingerprint density at radius 1 is 1.28 bits per heavy atom. The second-order valence-electron chi connectivity index (χ2n) is 9.78. The lowest BCUT2D eigenvalue weighted by atomic mass is 9.68. The average molecular weight is 399 g/mol. The van der Waals surface area contributed by atoms with Crippen LogP contribution >= 0.6 is 0 Å². The first kappa shape index (κ1) is 20.3. The molecule has 1 N–H and O–H groups in total. The van der Waals surface area contributed by atoms with E-state index >= 15 is 0 Å². The molecular weight excluding hydrogens is 364 g/mol. The van der Waals surface area contributed by atoms with Crippen molar-refractivity contribution in [1.29, 1.82) is 0 Å². The first-order valence-corrected chi connectivity index (χ1v) is 10.7. The number of para-hydroxylation sites is 1. The van der Waals surface area contributed by atoms with Crippen LogP contribution in [-0.2, 0) is 11.3 Å². The first-order chi connectivity index (χ1) is 13.7. The number of benzene rings is 1. The first-order valence-electron chi connectivity index (χ1n) is 10.7. The van der Waals surface area contributed by atoms with Crippen molar-refractivity contribution in [1.82, 2.24) is 9.88 Å². The predicted octanol–water partition coefficient (Wildman–Crippen LogP) is 4.55. The van der Waals surface area contributed by atoms with Crippen molar-refractivity contribution in [3.8, 4) is 5.75 Å². The Morgan fingerprint density at radius 2 is 2.03 bits per heavy atom. The molecule has 2 fully saturated rings. The summed E-state index contributed by atoms with van der Waals surface area (Å²) in [7, 11) is 3.37. The average Bonchev–Trinajstić information content (AvgIpc) is 3.27. The van der Waals surface area contributed by atoms with E-state index in [1.54, 1.807) is 14.2 Å². The highest BCUT2D eigenvalue weighted by molar-refractivity contribution is 6.09. The Bertz CT molecular complexity index is 940. The topological polar surface area (TPSA) is 52.5 Å². The molecule has 158 valence electrons. The van der Waals surface area contributed by atoms with Crippen LogP contribution in [0, 0.1) is 23.7 Å². The molecule has 2 aromatic rings. The Kier molecular flexibility index (Phi) is 4.93. The fraction of sp³-hybridized carbons (Fsp3) is 0.625. The number of hydrogen-bond acceptors (Lipinski definition) is 3. The van der Waals surface area contributed by atoms with Crippen molar-refractivity contribution in [3.63, 3.8) is 0 Å². The van der Waals surface area contributed by atoms with Crippen LogP contribution in [0.5, 0.6) is 5.75 Å². The molecule has 5 nitrogen and oxygen atoms in total. The molecule has 0 spiro atoms. The molecule has 0 radical (unpaired) electrons. The molecule has 29 heavy (non-hydrogen) atoms. The van der Waals surface area contributed by atoms with E-state index < -0.39 is 0 Å². The van der Waals surface area contributed by atoms with E-state index in [2.05, 4.69) is 30.7 Å². The second kappa shape index (κ2) is 7.05. The number of amides is 1. The van der Waals surface area contributed by atoms with E-state index in [0.29, 0.717) is 19.1 Å². The number of nitrogens with zero attached hydrogens (tertiary/aromatic N) is 1. The Balaban J connectivity index is 1.76. The number of aromatic nitrogens is 1. The highest BCUT2D eigenvalue weighted by Gasteiger charge is 2.59. The number of carbonyl (C=O) groups is 1. The fourth-order valence-corrected chi connectivity index (χ4v) is 6.28. The van der Waals surface area contributed by atoms with Crippen LogP contribution in [0.2, 0.25) is 0 Å². The molecule has 2 bridgehead atoms. The summed E-state index contributed by atoms with van der Waals surface area (Å²) in [6.45, 7) is 10.3. The Morgan fingerprint density at radius 3 is 2.66 bits per heavy atom. The summed E-state index contributed by atoms with van der Waals surface area (Å²) < 4.78 is 13.1. The number of fused-ring (bicyclic) bond motifs is 3. The molecule has 1 aromatic heterocycles. The third-order valence-electron chi connectivity index (χ3n) is 7.82. The molecule has 1 amide bonds. The van der Waals surface area contributed by atoms with Gasteiger partial charge in [0.25, 0.3) is 5.91 Å². The van der Waals surface area contributed by atoms with Crippen LogP contribution in [0.1, 0.15) is 56.1 Å². The lowest BCUT2D eigenvalue weighted by Gasteiger charge is -2.43. The molecule has 1 heterocycles. The zero-order chi connectivity index (χ0) is 21.0. The molecular formula is C24H34N2O3. The highest BCUT2D eigenvalue weighted by atomic mass is 16.5. The van der Waals surface area contributed by atoms with E-state index in [1.807, 2.05) is 25.1 Å². The molecule has 2 aliphatic rings. The predicted molar refractivity (Wildman–Crippen MR) is 116 cm³/mol. The summed E-state index contributed by atoms with van der Waals surface area (Å²) in [5, 5.41) is 4.42. The summed E-state index contributed by atoms with van der Waals surface area (Å²) in [5.41, 5.74) is 3.02. The number of ether oxygens (including phenoxy) is 2. The summed E-state index contributed by atoms with van der Waals surface area (Å²) in [5.74, 6) is 1.51. The lowest BCUT2D eigenvalue weighted by molar-refractivity contribution is 0.0738. The zero-order valence-electron chi connectivity index (χ0n) is 18.6. The fourth-order valence-electron chi connectivity index (χ4n) is 6.28. The molecule has 0 saturated heterocycles. The van der Waals surface area contributed by atoms with Gasteiger partial charge in [-0.25, -0.2) is 0 Å². The van der Waals surface area contributed by atoms with E-state index in [1.165, 1.54) is 19.3 Å². The van der Waals surface area contributed by atoms with Crippen molar-refractivity contribution < 1.29 is 14.3 Å². The van der Waals surface area contributed by atoms with Gasteiger partial charge in [0, 0.05) is 30.8 Å². The maximum atomic E-state index is 13.6. The smallest absolute Gasteiger partial charge is 0.253 e. The molecule has 2 saturated carbocycles. The largest absolute Gasteiger partial charge is 0.495 e. The molecule has 1 aromatic carbocycles. The summed E-state index contributed by atoms with van der Waals surface area (Å²) in [6, 6.07) is 6.13. The van der Waals surface area contributed by atoms with Crippen LogP contribution < -0.4 is 10.1 Å². The molecule has 3 atom stereocenters. The molecule has 2 aliphatic carbocycles. The number of hydrogen-bond donors (Lipinski definition) is 1. The number of nitrogens with one attached hydrogen (secondary N) is 1. The number of rotatable bonds is 6. The zero-order valence-corrected chi connectivity index (χ0v) is 18.6. The van der Waals surface area contributed by atoms with Gasteiger partial charge >= 0.3 is 0 Å². The SMILES string of the molecule is COCCn1c(C)c(C(=O)NC2C3(C)CC[C@H](C3)C2(C)C)c2cccc(OC)c21. The Labute approximate surface area is 173 Å². The van der Waals surface area contributed by atoms with Crippen LogP contribution in [0.15, 0.2) is 18.2 Å². The van der Waals surface area contributed by atoms with Crippen molar-refractivity contribution in [2.75, 3.05) is 20.8 Å². The summed E-state index contributed by atoms with van der Waals surface area (Å²) in [4.78, 5) is 13.6. The highest BCUT2D eigenvalue weighted by Crippen LogP contribution is 2.62. The minimum Gasteiger partial charge on any atom is -0.495 e. The quantitative estimate of drug-likeness (QED) is 0.777. The van der Waals surface area contributed by atoms with E-state index in [9.17, 15) is 4.79 Å². The van der Waals surface area contributed by atoms with Crippen LogP contribution in [0.25, 0.3) is 10.9 Å². The summed E-state index contributed by atoms with van der Waals surface area (Å²) >= 11 is 0. The van der Waals surface area contributed by atoms with Gasteiger partial charge in [-0.05, 0) is 49.0 Å². The van der Waals surface area contributed by atoms with Crippen molar-refractivity contribution in [3.05, 3.63) is 29.5 Å². The van der Waals surface area contributed by atoms with Crippen molar-refractivity contribution in [2.45, 2.75) is 59.5 Å². The lowest BCUT2D eigenvalue weighted by Crippen LogP contribution is -2.52. The number of carbonyl (C=O) groups excluding carboxylic acids is 1. The molecule has 4 rings (SSSR count). The third kappa shape index (κ3) is 2.97. The molecule has 5 heteroatoms. The van der Waals surface area contributed by atoms with Gasteiger partial charge in [0.05, 0.1) is 24.8 Å². The van der Waals surface area contributed by atoms with Crippen LogP contribution in [0.3, 0.4) is 0 Å². The molecule has 0 aliphatic heterocycles. The van der Waals surface area contributed by atoms with Gasteiger partial charge in [0.1, 0.15) is 5.75 Å². The van der Waals surface area contributed by atoms with E-state index in [0.717, 1.165) is 27.9 Å². The van der Waals surface area contributed by atoms with E-state index in [4.69, 9.17) is 9.47 Å². The minimum absolute atomic E-state index is 0.0313. The summed E-state index contributed by atoms with van der Waals surface area (Å²) in [6.07, 6.45) is 3.70. The van der Waals surface area contributed by atoms with Gasteiger partial charge in [0.2, 0.25) is 0 Å². The van der Waals surface area contributed by atoms with Gasteiger partial charge < -0.3 is 19.4 Å². The van der Waals surface area contributed by atoms with Gasteiger partial charge in [-0.2, -0.15) is 0 Å². The van der Waals surface area contributed by atoms with Gasteiger partial charge in [-0.3, -0.25) is 4.79 Å². The standard InChI is InChI=1S/C24H34N2O3/c1-15-19(17-8-7-9-18(29-6)20(17)26(15)12-13-28-5)21(27)25-22-23(2,3)16-10-11-24(22,4)14-16/h7-9,16,22H,10-14H2,1-6H3,(H,25,27)/t16-,22?,24?/m1/s1. The maximum absolute atomic E-state index is 13.6. The Hall–Kier alpha value is -2.01. The second-order valence-corrected chi connectivity index (χ2v) is 9.78. The van der Waals surface area contributed by atoms with Gasteiger partial charge in [-0.15, -0.1) is 0 Å². The van der Waals surface area contributed by atoms with Crippen LogP contribution in [0.4, 0.5) is 0 Å². The maximum Gasteiger partial charge on any atom is 0.253 e. The van der Waals surface area contributed by atoms with Crippen molar-refractivity contribution in [2.24, 2.45) is 16.7 Å². The normalized spacial score (nSPS) is 27.5. The molecule has 2 unspecified atom stereocenters. The van der Waals surface area contributed by atoms with Gasteiger partial charge in [0.15, 0.2) is 0 Å². The monoisotopic (exact) mass is 398 g/mol. The third-order valence-corrected chi connectivity index (χ3v) is 7.82. The minimum atomic E-state index is 0.0313. The van der Waals surface area contributed by atoms with Crippen LogP contribution in [-0.4, -0.2) is 37.3 Å². The van der Waals surface area contributed by atoms with Crippen molar-refractivity contribution >= 4 is 16.8 Å².